The van der Waals surface area contributed by atoms with Crippen LogP contribution in [0.15, 0.2) is 60.8 Å². The van der Waals surface area contributed by atoms with Crippen molar-refractivity contribution in [3.63, 3.8) is 0 Å². The first-order valence-electron chi connectivity index (χ1n) is 8.57. The van der Waals surface area contributed by atoms with Crippen molar-refractivity contribution in [1.82, 2.24) is 15.0 Å². The molecule has 1 N–H and O–H groups in total. The Morgan fingerprint density at radius 2 is 1.85 bits per heavy atom. The molecule has 4 aromatic rings. The van der Waals surface area contributed by atoms with Gasteiger partial charge < -0.3 is 9.72 Å². The number of ether oxygens (including phenoxy) is 1. The molecule has 0 aliphatic rings. The lowest BCUT2D eigenvalue weighted by atomic mass is 10.0. The van der Waals surface area contributed by atoms with E-state index in [0.29, 0.717) is 11.6 Å². The van der Waals surface area contributed by atoms with Gasteiger partial charge in [0.15, 0.2) is 5.65 Å². The predicted molar refractivity (Wildman–Crippen MR) is 104 cm³/mol. The van der Waals surface area contributed by atoms with E-state index in [1.807, 2.05) is 24.3 Å². The number of nitrogens with one attached hydrogen (secondary N) is 1. The summed E-state index contributed by atoms with van der Waals surface area (Å²) in [5, 5.41) is 0.566. The lowest BCUT2D eigenvalue weighted by Gasteiger charge is -2.11. The molecule has 0 aliphatic heterocycles. The minimum atomic E-state index is -0.250. The molecule has 0 fully saturated rings. The summed E-state index contributed by atoms with van der Waals surface area (Å²) in [6.45, 7) is 2.47. The monoisotopic (exact) mass is 381 g/mol. The Morgan fingerprint density at radius 3 is 2.59 bits per heavy atom. The van der Waals surface area contributed by atoms with Crippen molar-refractivity contribution >= 4 is 22.8 Å². The Morgan fingerprint density at radius 1 is 1.11 bits per heavy atom. The third-order valence-electron chi connectivity index (χ3n) is 4.43. The zero-order valence-electron chi connectivity index (χ0n) is 14.6. The van der Waals surface area contributed by atoms with Gasteiger partial charge in [0, 0.05) is 12.1 Å². The summed E-state index contributed by atoms with van der Waals surface area (Å²) in [5.41, 5.74) is 3.50. The highest BCUT2D eigenvalue weighted by molar-refractivity contribution is 6.31. The van der Waals surface area contributed by atoms with E-state index in [1.165, 1.54) is 12.1 Å². The van der Waals surface area contributed by atoms with Crippen LogP contribution in [-0.4, -0.2) is 15.0 Å². The summed E-state index contributed by atoms with van der Waals surface area (Å²) >= 11 is 5.97. The average Bonchev–Trinajstić information content (AvgIpc) is 3.10. The maximum Gasteiger partial charge on any atom is 0.157 e. The number of nitrogens with zero attached hydrogens (tertiary/aromatic N) is 2. The molecule has 0 saturated carbocycles. The highest BCUT2D eigenvalue weighted by Crippen LogP contribution is 2.26. The van der Waals surface area contributed by atoms with E-state index in [1.54, 1.807) is 24.4 Å². The van der Waals surface area contributed by atoms with Crippen LogP contribution in [0.3, 0.4) is 0 Å². The number of halogens is 2. The van der Waals surface area contributed by atoms with E-state index in [0.717, 1.165) is 33.9 Å². The average molecular weight is 382 g/mol. The summed E-state index contributed by atoms with van der Waals surface area (Å²) in [7, 11) is 0. The molecule has 4 nitrogen and oxygen atoms in total. The van der Waals surface area contributed by atoms with Crippen LogP contribution in [-0.2, 0) is 6.61 Å². The van der Waals surface area contributed by atoms with Crippen molar-refractivity contribution in [3.05, 3.63) is 88.6 Å². The second-order valence-electron chi connectivity index (χ2n) is 6.35. The zero-order valence-corrected chi connectivity index (χ0v) is 15.4. The molecule has 27 heavy (non-hydrogen) atoms. The van der Waals surface area contributed by atoms with Crippen LogP contribution >= 0.6 is 11.6 Å². The van der Waals surface area contributed by atoms with Crippen LogP contribution in [0.25, 0.3) is 11.2 Å². The molecular formula is C21H17ClFN3O. The van der Waals surface area contributed by atoms with Crippen LogP contribution in [0.2, 0.25) is 5.02 Å². The molecule has 0 bridgehead atoms. The van der Waals surface area contributed by atoms with Crippen LogP contribution in [0.4, 0.5) is 4.39 Å². The second-order valence-corrected chi connectivity index (χ2v) is 6.79. The standard InChI is InChI=1S/C21H17ClFN3O/c1-13(20-25-19-10-16(22)11-24-21(19)26-20)15-4-8-18(9-5-15)27-12-14-2-6-17(23)7-3-14/h2-11,13H,12H2,1H3,(H,24,25,26). The van der Waals surface area contributed by atoms with Crippen LogP contribution in [0, 0.1) is 5.82 Å². The summed E-state index contributed by atoms with van der Waals surface area (Å²) in [4.78, 5) is 12.1. The number of pyridine rings is 1. The zero-order chi connectivity index (χ0) is 18.8. The first-order valence-corrected chi connectivity index (χ1v) is 8.94. The van der Waals surface area contributed by atoms with Gasteiger partial charge in [-0.1, -0.05) is 42.8 Å². The predicted octanol–water partition coefficient (Wildman–Crippen LogP) is 5.48. The normalized spacial score (nSPS) is 12.3. The molecule has 2 aromatic carbocycles. The minimum absolute atomic E-state index is 0.0733. The summed E-state index contributed by atoms with van der Waals surface area (Å²) in [6.07, 6.45) is 1.60. The lowest BCUT2D eigenvalue weighted by Crippen LogP contribution is -1.99. The molecule has 2 aromatic heterocycles. The largest absolute Gasteiger partial charge is 0.489 e. The van der Waals surface area contributed by atoms with Crippen molar-refractivity contribution in [1.29, 1.82) is 0 Å². The van der Waals surface area contributed by atoms with Crippen LogP contribution in [0.1, 0.15) is 29.8 Å². The summed E-state index contributed by atoms with van der Waals surface area (Å²) < 4.78 is 18.7. The fourth-order valence-corrected chi connectivity index (χ4v) is 3.00. The highest BCUT2D eigenvalue weighted by Gasteiger charge is 2.14. The first kappa shape index (κ1) is 17.5. The number of aromatic amines is 1. The van der Waals surface area contributed by atoms with E-state index in [9.17, 15) is 4.39 Å². The maximum atomic E-state index is 12.9. The van der Waals surface area contributed by atoms with Gasteiger partial charge in [-0.25, -0.2) is 14.4 Å². The topological polar surface area (TPSA) is 50.8 Å². The van der Waals surface area contributed by atoms with Crippen LogP contribution in [0.5, 0.6) is 5.75 Å². The molecule has 1 unspecified atom stereocenters. The van der Waals surface area contributed by atoms with E-state index >= 15 is 0 Å². The van der Waals surface area contributed by atoms with Gasteiger partial charge in [-0.15, -0.1) is 0 Å². The SMILES string of the molecule is CC(c1ccc(OCc2ccc(F)cc2)cc1)c1nc2cc(Cl)cnc2[nH]1. The van der Waals surface area contributed by atoms with Gasteiger partial charge in [-0.3, -0.25) is 0 Å². The molecule has 6 heteroatoms. The van der Waals surface area contributed by atoms with Gasteiger partial charge >= 0.3 is 0 Å². The molecule has 0 amide bonds. The van der Waals surface area contributed by atoms with Crippen molar-refractivity contribution in [2.24, 2.45) is 0 Å². The smallest absolute Gasteiger partial charge is 0.157 e. The van der Waals surface area contributed by atoms with E-state index in [-0.39, 0.29) is 11.7 Å². The fraction of sp³-hybridized carbons (Fsp3) is 0.143. The number of hydrogen-bond acceptors (Lipinski definition) is 3. The van der Waals surface area contributed by atoms with Crippen molar-refractivity contribution in [3.8, 4) is 5.75 Å². The molecule has 0 spiro atoms. The van der Waals surface area contributed by atoms with E-state index in [4.69, 9.17) is 16.3 Å². The first-order chi connectivity index (χ1) is 13.1. The molecular weight excluding hydrogens is 365 g/mol. The second kappa shape index (κ2) is 7.37. The molecule has 0 saturated heterocycles. The van der Waals surface area contributed by atoms with Gasteiger partial charge in [0.1, 0.15) is 29.5 Å². The van der Waals surface area contributed by atoms with Gasteiger partial charge in [0.2, 0.25) is 0 Å². The van der Waals surface area contributed by atoms with Gasteiger partial charge in [0.05, 0.1) is 5.02 Å². The lowest BCUT2D eigenvalue weighted by molar-refractivity contribution is 0.306. The van der Waals surface area contributed by atoms with Gasteiger partial charge in [-0.05, 0) is 41.5 Å². The third kappa shape index (κ3) is 3.93. The van der Waals surface area contributed by atoms with Crippen molar-refractivity contribution in [2.45, 2.75) is 19.4 Å². The highest BCUT2D eigenvalue weighted by atomic mass is 35.5. The fourth-order valence-electron chi connectivity index (χ4n) is 2.85. The summed E-state index contributed by atoms with van der Waals surface area (Å²) in [5.74, 6) is 1.41. The molecule has 0 aliphatic carbocycles. The van der Waals surface area contributed by atoms with Crippen molar-refractivity contribution < 1.29 is 9.13 Å². The number of aromatic nitrogens is 3. The Labute approximate surface area is 161 Å². The summed E-state index contributed by atoms with van der Waals surface area (Å²) in [6, 6.07) is 16.0. The maximum absolute atomic E-state index is 12.9. The van der Waals surface area contributed by atoms with Crippen molar-refractivity contribution in [2.75, 3.05) is 0 Å². The third-order valence-corrected chi connectivity index (χ3v) is 4.64. The van der Waals surface area contributed by atoms with Gasteiger partial charge in [-0.2, -0.15) is 0 Å². The molecule has 4 rings (SSSR count). The minimum Gasteiger partial charge on any atom is -0.489 e. The quantitative estimate of drug-likeness (QED) is 0.498. The Bertz CT molecular complexity index is 1060. The Balaban J connectivity index is 1.46. The van der Waals surface area contributed by atoms with Gasteiger partial charge in [0.25, 0.3) is 0 Å². The number of rotatable bonds is 5. The number of fused-ring (bicyclic) bond motifs is 1. The molecule has 2 heterocycles. The van der Waals surface area contributed by atoms with E-state index < -0.39 is 0 Å². The number of benzene rings is 2. The van der Waals surface area contributed by atoms with Crippen LogP contribution < -0.4 is 4.74 Å². The number of hydrogen-bond donors (Lipinski definition) is 1. The molecule has 136 valence electrons. The molecule has 1 atom stereocenters. The Hall–Kier alpha value is -2.92. The Kier molecular flexibility index (Phi) is 4.77. The number of imidazole rings is 1. The van der Waals surface area contributed by atoms with E-state index in [2.05, 4.69) is 21.9 Å². The number of H-pyrrole nitrogens is 1. The molecule has 0 radical (unpaired) electrons.